The number of nitrogens with zero attached hydrogens (tertiary/aromatic N) is 5. The molecule has 0 spiro atoms. The maximum Gasteiger partial charge on any atom is 0.333 e. The Balaban J connectivity index is 1.56. The van der Waals surface area contributed by atoms with Gasteiger partial charge in [0.2, 0.25) is 0 Å². The van der Waals surface area contributed by atoms with Gasteiger partial charge in [-0.25, -0.2) is 18.5 Å². The van der Waals surface area contributed by atoms with Crippen LogP contribution in [0, 0.1) is 12.7 Å². The zero-order valence-electron chi connectivity index (χ0n) is 27.6. The van der Waals surface area contributed by atoms with Crippen LogP contribution < -0.4 is 16.0 Å². The molecular formula is C33H40FN5O7S. The molecule has 4 aromatic rings. The van der Waals surface area contributed by atoms with E-state index < -0.39 is 40.3 Å². The number of esters is 1. The SMILES string of the molecule is COc1ccc(F)cc1[C@H](Cn1c(=O)n(C(C)(C)C(=O)OC(C)(C)C)c(=O)c2c(C)c(-n3nccn3)sc21)O[C@H]1C[C@H]2CC[C@@H](C1)O2. The van der Waals surface area contributed by atoms with Gasteiger partial charge in [0.1, 0.15) is 38.6 Å². The number of methoxy groups -OCH3 is 1. The normalized spacial score (nSPS) is 20.5. The first kappa shape index (κ1) is 33.0. The van der Waals surface area contributed by atoms with Crippen LogP contribution in [0.5, 0.6) is 5.75 Å². The Morgan fingerprint density at radius 3 is 2.38 bits per heavy atom. The number of hydrogen-bond donors (Lipinski definition) is 0. The topological polar surface area (TPSA) is 129 Å². The Labute approximate surface area is 275 Å². The zero-order valence-corrected chi connectivity index (χ0v) is 28.4. The van der Waals surface area contributed by atoms with Gasteiger partial charge in [-0.2, -0.15) is 10.2 Å². The summed E-state index contributed by atoms with van der Waals surface area (Å²) < 4.78 is 41.3. The summed E-state index contributed by atoms with van der Waals surface area (Å²) in [7, 11) is 1.49. The second kappa shape index (κ2) is 12.3. The molecule has 0 unspecified atom stereocenters. The predicted molar refractivity (Wildman–Crippen MR) is 173 cm³/mol. The minimum absolute atomic E-state index is 0.0730. The molecule has 5 heterocycles. The maximum absolute atomic E-state index is 14.8. The molecule has 12 nitrogen and oxygen atoms in total. The Morgan fingerprint density at radius 2 is 1.77 bits per heavy atom. The molecule has 252 valence electrons. The first-order chi connectivity index (χ1) is 22.2. The average molecular weight is 670 g/mol. The summed E-state index contributed by atoms with van der Waals surface area (Å²) in [4.78, 5) is 44.2. The highest BCUT2D eigenvalue weighted by Gasteiger charge is 2.40. The van der Waals surface area contributed by atoms with Crippen molar-refractivity contribution >= 4 is 27.5 Å². The quantitative estimate of drug-likeness (QED) is 0.231. The number of fused-ring (bicyclic) bond motifs is 3. The first-order valence-corrected chi connectivity index (χ1v) is 16.5. The second-order valence-electron chi connectivity index (χ2n) is 13.7. The third kappa shape index (κ3) is 6.25. The van der Waals surface area contributed by atoms with Crippen LogP contribution in [0.1, 0.15) is 77.5 Å². The molecule has 14 heteroatoms. The van der Waals surface area contributed by atoms with E-state index in [4.69, 9.17) is 18.9 Å². The molecule has 0 N–H and O–H groups in total. The van der Waals surface area contributed by atoms with E-state index in [1.54, 1.807) is 27.7 Å². The van der Waals surface area contributed by atoms with Crippen molar-refractivity contribution in [3.05, 3.63) is 68.4 Å². The molecule has 0 saturated carbocycles. The lowest BCUT2D eigenvalue weighted by Crippen LogP contribution is -2.54. The van der Waals surface area contributed by atoms with Gasteiger partial charge in [-0.3, -0.25) is 9.36 Å². The third-order valence-corrected chi connectivity index (χ3v) is 10.0. The molecule has 0 radical (unpaired) electrons. The molecule has 1 aromatic carbocycles. The largest absolute Gasteiger partial charge is 0.496 e. The lowest BCUT2D eigenvalue weighted by Gasteiger charge is -2.33. The molecule has 0 aliphatic carbocycles. The van der Waals surface area contributed by atoms with Gasteiger partial charge in [0.25, 0.3) is 5.56 Å². The van der Waals surface area contributed by atoms with E-state index in [1.807, 2.05) is 0 Å². The van der Waals surface area contributed by atoms with Crippen LogP contribution in [0.4, 0.5) is 4.39 Å². The first-order valence-electron chi connectivity index (χ1n) is 15.7. The number of rotatable bonds is 9. The van der Waals surface area contributed by atoms with Gasteiger partial charge in [0, 0.05) is 11.1 Å². The standard InChI is InChI=1S/C33H40FN5O7S/c1-18-26-27(40)38(33(5,6)30(41)46-32(2,3)4)31(42)37(29(26)47-28(18)39-35-12-13-36-39)17-25(23-14-19(34)8-11-24(23)43-7)45-22-15-20-9-10-21(16-22)44-20/h8,11-14,20-22,25H,9-10,15-17H2,1-7H3/t20-,21+,22+,25-/m0/s1. The number of hydrogen-bond acceptors (Lipinski definition) is 10. The Bertz CT molecular complexity index is 1910. The minimum Gasteiger partial charge on any atom is -0.496 e. The third-order valence-electron chi connectivity index (χ3n) is 8.74. The van der Waals surface area contributed by atoms with Crippen molar-refractivity contribution in [2.75, 3.05) is 7.11 Å². The summed E-state index contributed by atoms with van der Waals surface area (Å²) >= 11 is 1.17. The van der Waals surface area contributed by atoms with Crippen molar-refractivity contribution in [2.24, 2.45) is 0 Å². The van der Waals surface area contributed by atoms with Crippen LogP contribution in [0.2, 0.25) is 0 Å². The molecule has 2 aliphatic heterocycles. The Hall–Kier alpha value is -3.88. The summed E-state index contributed by atoms with van der Waals surface area (Å²) in [5.74, 6) is -0.842. The van der Waals surface area contributed by atoms with Crippen LogP contribution in [-0.4, -0.2) is 61.1 Å². The molecule has 47 heavy (non-hydrogen) atoms. The Morgan fingerprint density at radius 1 is 1.11 bits per heavy atom. The highest BCUT2D eigenvalue weighted by molar-refractivity contribution is 7.21. The van der Waals surface area contributed by atoms with Crippen molar-refractivity contribution in [3.63, 3.8) is 0 Å². The molecular weight excluding hydrogens is 629 g/mol. The van der Waals surface area contributed by atoms with E-state index in [0.29, 0.717) is 39.5 Å². The monoisotopic (exact) mass is 669 g/mol. The number of thiophene rings is 1. The molecule has 6 rings (SSSR count). The zero-order chi connectivity index (χ0) is 33.8. The number of carbonyl (C=O) groups is 1. The van der Waals surface area contributed by atoms with Gasteiger partial charge in [-0.15, -0.1) is 4.80 Å². The molecule has 2 aliphatic rings. The number of aryl methyl sites for hydroxylation is 1. The fraction of sp³-hybridized carbons (Fsp3) is 0.545. The van der Waals surface area contributed by atoms with Crippen LogP contribution in [0.25, 0.3) is 15.2 Å². The summed E-state index contributed by atoms with van der Waals surface area (Å²) in [5, 5.41) is 9.27. The van der Waals surface area contributed by atoms with E-state index in [2.05, 4.69) is 10.2 Å². The van der Waals surface area contributed by atoms with E-state index in [0.717, 1.165) is 17.4 Å². The van der Waals surface area contributed by atoms with Gasteiger partial charge in [-0.05, 0) is 85.4 Å². The number of aromatic nitrogens is 5. The van der Waals surface area contributed by atoms with Crippen LogP contribution in [-0.2, 0) is 31.1 Å². The summed E-state index contributed by atoms with van der Waals surface area (Å²) in [6, 6.07) is 4.17. The van der Waals surface area contributed by atoms with Crippen molar-refractivity contribution < 1.29 is 28.1 Å². The highest BCUT2D eigenvalue weighted by Crippen LogP contribution is 2.39. The molecule has 4 atom stereocenters. The molecule has 2 fully saturated rings. The number of carbonyl (C=O) groups excluding carboxylic acids is 1. The van der Waals surface area contributed by atoms with Gasteiger partial charge in [0.15, 0.2) is 0 Å². The second-order valence-corrected chi connectivity index (χ2v) is 14.7. The fourth-order valence-corrected chi connectivity index (χ4v) is 7.70. The number of halogens is 1. The lowest BCUT2D eigenvalue weighted by atomic mass is 10.0. The van der Waals surface area contributed by atoms with E-state index in [1.165, 1.54) is 72.3 Å². The number of ether oxygens (including phenoxy) is 4. The van der Waals surface area contributed by atoms with Crippen molar-refractivity contribution in [1.82, 2.24) is 24.1 Å². The number of benzene rings is 1. The lowest BCUT2D eigenvalue weighted by molar-refractivity contribution is -0.164. The molecule has 2 bridgehead atoms. The van der Waals surface area contributed by atoms with E-state index >= 15 is 0 Å². The average Bonchev–Trinajstić information content (AvgIpc) is 3.72. The summed E-state index contributed by atoms with van der Waals surface area (Å²) in [6.07, 6.45) is 5.30. The molecule has 3 aromatic heterocycles. The van der Waals surface area contributed by atoms with E-state index in [9.17, 15) is 18.8 Å². The molecule has 2 saturated heterocycles. The van der Waals surface area contributed by atoms with Crippen LogP contribution in [0.3, 0.4) is 0 Å². The smallest absolute Gasteiger partial charge is 0.333 e. The van der Waals surface area contributed by atoms with Crippen molar-refractivity contribution in [1.29, 1.82) is 0 Å². The van der Waals surface area contributed by atoms with Gasteiger partial charge in [0.05, 0.1) is 49.7 Å². The van der Waals surface area contributed by atoms with E-state index in [-0.39, 0.29) is 30.2 Å². The van der Waals surface area contributed by atoms with Crippen LogP contribution >= 0.6 is 11.3 Å². The fourth-order valence-electron chi connectivity index (χ4n) is 6.48. The minimum atomic E-state index is -1.69. The van der Waals surface area contributed by atoms with Crippen molar-refractivity contribution in [2.45, 2.75) is 109 Å². The predicted octanol–water partition coefficient (Wildman–Crippen LogP) is 4.81. The Kier molecular flexibility index (Phi) is 8.64. The summed E-state index contributed by atoms with van der Waals surface area (Å²) in [6.45, 7) is 9.76. The maximum atomic E-state index is 14.8. The highest BCUT2D eigenvalue weighted by atomic mass is 32.1. The van der Waals surface area contributed by atoms with Crippen molar-refractivity contribution in [3.8, 4) is 10.8 Å². The molecule has 0 amide bonds. The van der Waals surface area contributed by atoms with Gasteiger partial charge >= 0.3 is 11.7 Å². The van der Waals surface area contributed by atoms with Crippen LogP contribution in [0.15, 0.2) is 40.2 Å². The van der Waals surface area contributed by atoms with Gasteiger partial charge in [-0.1, -0.05) is 11.3 Å². The van der Waals surface area contributed by atoms with Gasteiger partial charge < -0.3 is 18.9 Å². The summed E-state index contributed by atoms with van der Waals surface area (Å²) in [5.41, 5.74) is -2.99.